The quantitative estimate of drug-likeness (QED) is 0.710. The van der Waals surface area contributed by atoms with Gasteiger partial charge in [-0.2, -0.15) is 0 Å². The molecule has 0 aliphatic heterocycles. The van der Waals surface area contributed by atoms with Crippen molar-refractivity contribution in [1.29, 1.82) is 0 Å². The van der Waals surface area contributed by atoms with Crippen molar-refractivity contribution in [3.05, 3.63) is 45.2 Å². The van der Waals surface area contributed by atoms with Crippen LogP contribution in [-0.4, -0.2) is 9.97 Å². The number of nitrogens with zero attached hydrogens (tertiary/aromatic N) is 2. The molecule has 0 radical (unpaired) electrons. The van der Waals surface area contributed by atoms with Gasteiger partial charge in [-0.25, -0.2) is 9.97 Å². The van der Waals surface area contributed by atoms with Gasteiger partial charge in [-0.15, -0.1) is 0 Å². The summed E-state index contributed by atoms with van der Waals surface area (Å²) in [6.45, 7) is 4.10. The van der Waals surface area contributed by atoms with Crippen LogP contribution in [0.5, 0.6) is 0 Å². The zero-order valence-electron chi connectivity index (χ0n) is 9.92. The summed E-state index contributed by atoms with van der Waals surface area (Å²) in [5, 5.41) is 1.50. The van der Waals surface area contributed by atoms with E-state index in [1.165, 1.54) is 0 Å². The van der Waals surface area contributed by atoms with Crippen molar-refractivity contribution in [3.8, 4) is 11.4 Å². The first kappa shape index (κ1) is 13.6. The molecule has 1 aromatic carbocycles. The van der Waals surface area contributed by atoms with Crippen LogP contribution in [0, 0.1) is 0 Å². The fourth-order valence-electron chi connectivity index (χ4n) is 1.52. The predicted molar refractivity (Wildman–Crippen MR) is 76.6 cm³/mol. The number of benzene rings is 1. The van der Waals surface area contributed by atoms with E-state index in [1.54, 1.807) is 24.3 Å². The molecule has 2 nitrogen and oxygen atoms in total. The standard InChI is InChI=1S/C13H11Cl3N2/c1-7(2)11-6-12(16)18-13(17-11)9-4-3-8(14)5-10(9)15/h3-7H,1-2H3. The first-order valence-corrected chi connectivity index (χ1v) is 6.60. The first-order chi connectivity index (χ1) is 8.47. The highest BCUT2D eigenvalue weighted by molar-refractivity contribution is 6.36. The lowest BCUT2D eigenvalue weighted by Crippen LogP contribution is -1.98. The Morgan fingerprint density at radius 1 is 1.00 bits per heavy atom. The van der Waals surface area contributed by atoms with E-state index in [1.807, 2.05) is 13.8 Å². The van der Waals surface area contributed by atoms with E-state index >= 15 is 0 Å². The highest BCUT2D eigenvalue weighted by Crippen LogP contribution is 2.29. The van der Waals surface area contributed by atoms with Crippen molar-refractivity contribution < 1.29 is 0 Å². The van der Waals surface area contributed by atoms with Crippen LogP contribution in [0.2, 0.25) is 15.2 Å². The zero-order valence-corrected chi connectivity index (χ0v) is 12.2. The Bertz CT molecular complexity index is 582. The van der Waals surface area contributed by atoms with E-state index in [-0.39, 0.29) is 5.92 Å². The van der Waals surface area contributed by atoms with Gasteiger partial charge in [0.2, 0.25) is 0 Å². The van der Waals surface area contributed by atoms with E-state index in [4.69, 9.17) is 34.8 Å². The lowest BCUT2D eigenvalue weighted by Gasteiger charge is -2.09. The largest absolute Gasteiger partial charge is 0.233 e. The van der Waals surface area contributed by atoms with E-state index in [9.17, 15) is 0 Å². The second kappa shape index (κ2) is 5.43. The number of halogens is 3. The third-order valence-electron chi connectivity index (χ3n) is 2.48. The minimum atomic E-state index is 0.273. The average molecular weight is 302 g/mol. The molecule has 0 saturated carbocycles. The second-order valence-electron chi connectivity index (χ2n) is 4.22. The molecule has 0 atom stereocenters. The minimum absolute atomic E-state index is 0.273. The van der Waals surface area contributed by atoms with E-state index in [2.05, 4.69) is 9.97 Å². The van der Waals surface area contributed by atoms with Gasteiger partial charge in [0.05, 0.1) is 5.02 Å². The van der Waals surface area contributed by atoms with Gasteiger partial charge in [-0.1, -0.05) is 48.7 Å². The Labute approximate surface area is 121 Å². The Hall–Kier alpha value is -0.830. The van der Waals surface area contributed by atoms with E-state index in [0.29, 0.717) is 21.0 Å². The molecule has 18 heavy (non-hydrogen) atoms. The van der Waals surface area contributed by atoms with Crippen LogP contribution in [0.3, 0.4) is 0 Å². The van der Waals surface area contributed by atoms with E-state index < -0.39 is 0 Å². The fourth-order valence-corrected chi connectivity index (χ4v) is 2.21. The van der Waals surface area contributed by atoms with Crippen LogP contribution < -0.4 is 0 Å². The lowest BCUT2D eigenvalue weighted by atomic mass is 10.1. The average Bonchev–Trinajstić information content (AvgIpc) is 2.27. The molecule has 0 bridgehead atoms. The number of hydrogen-bond acceptors (Lipinski definition) is 2. The molecule has 5 heteroatoms. The van der Waals surface area contributed by atoms with Crippen LogP contribution in [0.15, 0.2) is 24.3 Å². The molecule has 0 saturated heterocycles. The molecule has 0 aliphatic rings. The molecule has 1 aromatic heterocycles. The predicted octanol–water partition coefficient (Wildman–Crippen LogP) is 5.23. The summed E-state index contributed by atoms with van der Waals surface area (Å²) in [5.41, 5.74) is 1.61. The SMILES string of the molecule is CC(C)c1cc(Cl)nc(-c2ccc(Cl)cc2Cl)n1. The van der Waals surface area contributed by atoms with Gasteiger partial charge in [0.1, 0.15) is 5.15 Å². The van der Waals surface area contributed by atoms with Crippen molar-refractivity contribution in [2.75, 3.05) is 0 Å². The van der Waals surface area contributed by atoms with Gasteiger partial charge in [0, 0.05) is 16.3 Å². The van der Waals surface area contributed by atoms with Crippen molar-refractivity contribution >= 4 is 34.8 Å². The normalized spacial score (nSPS) is 11.0. The summed E-state index contributed by atoms with van der Waals surface area (Å²) >= 11 is 18.0. The molecule has 0 amide bonds. The van der Waals surface area contributed by atoms with Crippen LogP contribution >= 0.6 is 34.8 Å². The lowest BCUT2D eigenvalue weighted by molar-refractivity contribution is 0.817. The number of aromatic nitrogens is 2. The van der Waals surface area contributed by atoms with Gasteiger partial charge in [-0.3, -0.25) is 0 Å². The molecular weight excluding hydrogens is 291 g/mol. The number of rotatable bonds is 2. The summed E-state index contributed by atoms with van der Waals surface area (Å²) in [5.74, 6) is 0.795. The highest BCUT2D eigenvalue weighted by atomic mass is 35.5. The summed E-state index contributed by atoms with van der Waals surface area (Å²) < 4.78 is 0. The van der Waals surface area contributed by atoms with E-state index in [0.717, 1.165) is 11.3 Å². The Morgan fingerprint density at radius 2 is 1.72 bits per heavy atom. The first-order valence-electron chi connectivity index (χ1n) is 5.47. The zero-order chi connectivity index (χ0) is 13.3. The van der Waals surface area contributed by atoms with Crippen molar-refractivity contribution in [2.45, 2.75) is 19.8 Å². The summed E-state index contributed by atoms with van der Waals surface area (Å²) in [7, 11) is 0. The maximum Gasteiger partial charge on any atom is 0.162 e. The maximum absolute atomic E-state index is 6.14. The highest BCUT2D eigenvalue weighted by Gasteiger charge is 2.11. The minimum Gasteiger partial charge on any atom is -0.233 e. The molecule has 0 aliphatic carbocycles. The maximum atomic E-state index is 6.14. The molecule has 2 aromatic rings. The molecular formula is C13H11Cl3N2. The number of hydrogen-bond donors (Lipinski definition) is 0. The van der Waals surface area contributed by atoms with Gasteiger partial charge in [0.15, 0.2) is 5.82 Å². The summed E-state index contributed by atoms with van der Waals surface area (Å²) in [6.07, 6.45) is 0. The summed E-state index contributed by atoms with van der Waals surface area (Å²) in [6, 6.07) is 6.97. The fraction of sp³-hybridized carbons (Fsp3) is 0.231. The monoisotopic (exact) mass is 300 g/mol. The van der Waals surface area contributed by atoms with Crippen LogP contribution in [0.25, 0.3) is 11.4 Å². The third-order valence-corrected chi connectivity index (χ3v) is 3.22. The van der Waals surface area contributed by atoms with Crippen LogP contribution in [0.1, 0.15) is 25.5 Å². The van der Waals surface area contributed by atoms with Gasteiger partial charge in [0.25, 0.3) is 0 Å². The topological polar surface area (TPSA) is 25.8 Å². The molecule has 94 valence electrons. The van der Waals surface area contributed by atoms with Gasteiger partial charge < -0.3 is 0 Å². The second-order valence-corrected chi connectivity index (χ2v) is 5.45. The Balaban J connectivity index is 2.56. The smallest absolute Gasteiger partial charge is 0.162 e. The molecule has 1 heterocycles. The molecule has 0 N–H and O–H groups in total. The van der Waals surface area contributed by atoms with Crippen molar-refractivity contribution in [1.82, 2.24) is 9.97 Å². The molecule has 2 rings (SSSR count). The van der Waals surface area contributed by atoms with Gasteiger partial charge >= 0.3 is 0 Å². The van der Waals surface area contributed by atoms with Crippen LogP contribution in [-0.2, 0) is 0 Å². The van der Waals surface area contributed by atoms with Gasteiger partial charge in [-0.05, 0) is 30.2 Å². The Kier molecular flexibility index (Phi) is 4.10. The molecule has 0 fully saturated rings. The summed E-state index contributed by atoms with van der Waals surface area (Å²) in [4.78, 5) is 8.67. The molecule has 0 spiro atoms. The van der Waals surface area contributed by atoms with Crippen LogP contribution in [0.4, 0.5) is 0 Å². The van der Waals surface area contributed by atoms with Crippen molar-refractivity contribution in [2.24, 2.45) is 0 Å². The molecule has 0 unspecified atom stereocenters. The Morgan fingerprint density at radius 3 is 2.33 bits per heavy atom. The van der Waals surface area contributed by atoms with Crippen molar-refractivity contribution in [3.63, 3.8) is 0 Å². The third kappa shape index (κ3) is 2.94.